The third kappa shape index (κ3) is 2.36. The van der Waals surface area contributed by atoms with E-state index in [-0.39, 0.29) is 0 Å². The smallest absolute Gasteiger partial charge is 0.142 e. The second-order valence-corrected chi connectivity index (χ2v) is 3.75. The van der Waals surface area contributed by atoms with E-state index in [0.717, 1.165) is 17.1 Å². The van der Waals surface area contributed by atoms with Crippen LogP contribution >= 0.6 is 11.6 Å². The number of aryl methyl sites for hydroxylation is 1. The number of hydrogen-bond acceptors (Lipinski definition) is 2. The standard InChI is InChI=1S/C12H13ClN2O/c1-10-14-8-12(7-13)15(10)16-9-11-5-3-2-4-6-11/h2-6,8H,7,9H2,1H3. The predicted octanol–water partition coefficient (Wildman–Crippen LogP) is 2.56. The minimum Gasteiger partial charge on any atom is -0.408 e. The highest BCUT2D eigenvalue weighted by Crippen LogP contribution is 2.07. The van der Waals surface area contributed by atoms with E-state index in [2.05, 4.69) is 4.98 Å². The lowest BCUT2D eigenvalue weighted by Crippen LogP contribution is -2.15. The van der Waals surface area contributed by atoms with Gasteiger partial charge in [0, 0.05) is 0 Å². The molecule has 0 N–H and O–H groups in total. The molecule has 0 saturated carbocycles. The molecular formula is C12H13ClN2O. The summed E-state index contributed by atoms with van der Waals surface area (Å²) in [4.78, 5) is 9.81. The predicted molar refractivity (Wildman–Crippen MR) is 63.2 cm³/mol. The van der Waals surface area contributed by atoms with Crippen LogP contribution in [0, 0.1) is 6.92 Å². The maximum absolute atomic E-state index is 5.79. The molecule has 0 fully saturated rings. The van der Waals surface area contributed by atoms with Gasteiger partial charge < -0.3 is 4.84 Å². The van der Waals surface area contributed by atoms with E-state index in [1.54, 1.807) is 10.9 Å². The molecule has 0 spiro atoms. The summed E-state index contributed by atoms with van der Waals surface area (Å²) in [6, 6.07) is 10.00. The molecule has 1 aromatic carbocycles. The van der Waals surface area contributed by atoms with E-state index in [9.17, 15) is 0 Å². The van der Waals surface area contributed by atoms with Crippen molar-refractivity contribution in [3.63, 3.8) is 0 Å². The molecule has 3 nitrogen and oxygen atoms in total. The lowest BCUT2D eigenvalue weighted by molar-refractivity contribution is 0.0876. The first-order valence-corrected chi connectivity index (χ1v) is 5.61. The molecule has 84 valence electrons. The van der Waals surface area contributed by atoms with Gasteiger partial charge in [-0.1, -0.05) is 30.3 Å². The Hall–Kier alpha value is -1.48. The summed E-state index contributed by atoms with van der Waals surface area (Å²) < 4.78 is 1.68. The van der Waals surface area contributed by atoms with E-state index in [1.165, 1.54) is 0 Å². The average molecular weight is 237 g/mol. The van der Waals surface area contributed by atoms with Crippen LogP contribution in [0.25, 0.3) is 0 Å². The molecule has 4 heteroatoms. The molecule has 1 heterocycles. The maximum Gasteiger partial charge on any atom is 0.142 e. The van der Waals surface area contributed by atoms with E-state index >= 15 is 0 Å². The zero-order valence-electron chi connectivity index (χ0n) is 9.06. The van der Waals surface area contributed by atoms with Gasteiger partial charge >= 0.3 is 0 Å². The van der Waals surface area contributed by atoms with Crippen LogP contribution in [0.15, 0.2) is 36.5 Å². The highest BCUT2D eigenvalue weighted by atomic mass is 35.5. The van der Waals surface area contributed by atoms with Gasteiger partial charge in [0.2, 0.25) is 0 Å². The first kappa shape index (κ1) is 11.0. The van der Waals surface area contributed by atoms with Crippen molar-refractivity contribution >= 4 is 11.6 Å². The van der Waals surface area contributed by atoms with E-state index in [0.29, 0.717) is 12.5 Å². The lowest BCUT2D eigenvalue weighted by atomic mass is 10.2. The molecule has 0 aliphatic rings. The van der Waals surface area contributed by atoms with Gasteiger partial charge in [0.1, 0.15) is 12.4 Å². The number of aromatic nitrogens is 2. The normalized spacial score (nSPS) is 10.4. The first-order chi connectivity index (χ1) is 7.81. The van der Waals surface area contributed by atoms with Crippen molar-refractivity contribution in [2.45, 2.75) is 19.4 Å². The summed E-state index contributed by atoms with van der Waals surface area (Å²) in [5.41, 5.74) is 1.99. The Morgan fingerprint density at radius 2 is 2.06 bits per heavy atom. The molecule has 0 atom stereocenters. The van der Waals surface area contributed by atoms with Gasteiger partial charge in [-0.2, -0.15) is 4.73 Å². The highest BCUT2D eigenvalue weighted by molar-refractivity contribution is 6.16. The number of alkyl halides is 1. The Bertz CT molecular complexity index is 453. The van der Waals surface area contributed by atoms with Gasteiger partial charge in [0.05, 0.1) is 17.8 Å². The molecule has 0 bridgehead atoms. The molecule has 0 unspecified atom stereocenters. The Morgan fingerprint density at radius 3 is 2.75 bits per heavy atom. The minimum absolute atomic E-state index is 0.398. The Morgan fingerprint density at radius 1 is 1.31 bits per heavy atom. The van der Waals surface area contributed by atoms with Crippen molar-refractivity contribution < 1.29 is 4.84 Å². The van der Waals surface area contributed by atoms with Crippen LogP contribution in [0.1, 0.15) is 17.1 Å². The van der Waals surface area contributed by atoms with Gasteiger partial charge in [0.15, 0.2) is 0 Å². The molecule has 2 rings (SSSR count). The zero-order valence-corrected chi connectivity index (χ0v) is 9.81. The Labute approximate surface area is 99.6 Å². The molecule has 0 radical (unpaired) electrons. The molecule has 2 aromatic rings. The van der Waals surface area contributed by atoms with Gasteiger partial charge in [-0.3, -0.25) is 0 Å². The van der Waals surface area contributed by atoms with Crippen molar-refractivity contribution in [2.75, 3.05) is 0 Å². The van der Waals surface area contributed by atoms with Crippen molar-refractivity contribution in [3.05, 3.63) is 53.6 Å². The van der Waals surface area contributed by atoms with Crippen LogP contribution < -0.4 is 4.84 Å². The van der Waals surface area contributed by atoms with Gasteiger partial charge in [-0.15, -0.1) is 11.6 Å². The molecule has 0 saturated heterocycles. The number of rotatable bonds is 4. The number of nitrogens with zero attached hydrogens (tertiary/aromatic N) is 2. The topological polar surface area (TPSA) is 27.1 Å². The summed E-state index contributed by atoms with van der Waals surface area (Å²) in [5.74, 6) is 1.21. The highest BCUT2D eigenvalue weighted by Gasteiger charge is 2.06. The fourth-order valence-corrected chi connectivity index (χ4v) is 1.64. The summed E-state index contributed by atoms with van der Waals surface area (Å²) in [5, 5.41) is 0. The molecular weight excluding hydrogens is 224 g/mol. The average Bonchev–Trinajstić information content (AvgIpc) is 2.69. The second-order valence-electron chi connectivity index (χ2n) is 3.48. The van der Waals surface area contributed by atoms with Crippen molar-refractivity contribution in [1.29, 1.82) is 0 Å². The van der Waals surface area contributed by atoms with E-state index < -0.39 is 0 Å². The maximum atomic E-state index is 5.79. The molecule has 16 heavy (non-hydrogen) atoms. The third-order valence-corrected chi connectivity index (χ3v) is 2.57. The number of benzene rings is 1. The monoisotopic (exact) mass is 236 g/mol. The molecule has 0 aliphatic heterocycles. The van der Waals surface area contributed by atoms with Crippen LogP contribution in [0.2, 0.25) is 0 Å². The summed E-state index contributed by atoms with van der Waals surface area (Å²) in [6.45, 7) is 2.41. The number of imidazole rings is 1. The SMILES string of the molecule is Cc1ncc(CCl)n1OCc1ccccc1. The Kier molecular flexibility index (Phi) is 3.47. The molecule has 0 aliphatic carbocycles. The molecule has 0 amide bonds. The van der Waals surface area contributed by atoms with Crippen LogP contribution in [0.5, 0.6) is 0 Å². The summed E-state index contributed by atoms with van der Waals surface area (Å²) in [6.07, 6.45) is 1.73. The number of hydrogen-bond donors (Lipinski definition) is 0. The van der Waals surface area contributed by atoms with Gasteiger partial charge in [0.25, 0.3) is 0 Å². The van der Waals surface area contributed by atoms with E-state index in [1.807, 2.05) is 37.3 Å². The fraction of sp³-hybridized carbons (Fsp3) is 0.250. The van der Waals surface area contributed by atoms with Crippen LogP contribution in [0.4, 0.5) is 0 Å². The Balaban J connectivity index is 2.07. The summed E-state index contributed by atoms with van der Waals surface area (Å²) in [7, 11) is 0. The van der Waals surface area contributed by atoms with Crippen molar-refractivity contribution in [3.8, 4) is 0 Å². The third-order valence-electron chi connectivity index (χ3n) is 2.30. The van der Waals surface area contributed by atoms with Crippen LogP contribution in [-0.4, -0.2) is 9.71 Å². The number of halogens is 1. The van der Waals surface area contributed by atoms with Crippen LogP contribution in [0.3, 0.4) is 0 Å². The van der Waals surface area contributed by atoms with Crippen molar-refractivity contribution in [2.24, 2.45) is 0 Å². The quantitative estimate of drug-likeness (QED) is 0.763. The summed E-state index contributed by atoms with van der Waals surface area (Å²) >= 11 is 5.79. The minimum atomic E-state index is 0.398. The van der Waals surface area contributed by atoms with Crippen LogP contribution in [-0.2, 0) is 12.5 Å². The van der Waals surface area contributed by atoms with E-state index in [4.69, 9.17) is 16.4 Å². The largest absolute Gasteiger partial charge is 0.408 e. The van der Waals surface area contributed by atoms with Crippen molar-refractivity contribution in [1.82, 2.24) is 9.71 Å². The van der Waals surface area contributed by atoms with Gasteiger partial charge in [-0.05, 0) is 12.5 Å². The van der Waals surface area contributed by atoms with Gasteiger partial charge in [-0.25, -0.2) is 4.98 Å². The zero-order chi connectivity index (χ0) is 11.4. The first-order valence-electron chi connectivity index (χ1n) is 5.07. The second kappa shape index (κ2) is 5.03. The molecule has 1 aromatic heterocycles. The lowest BCUT2D eigenvalue weighted by Gasteiger charge is -2.10. The fourth-order valence-electron chi connectivity index (χ4n) is 1.46.